The molecule has 0 bridgehead atoms. The van der Waals surface area contributed by atoms with Gasteiger partial charge in [-0.15, -0.1) is 13.2 Å². The number of nitrogens with zero attached hydrogens (tertiary/aromatic N) is 4. The fraction of sp³-hybridized carbons (Fsp3) is 0.600. The fourth-order valence-electron chi connectivity index (χ4n) is 4.86. The van der Waals surface area contributed by atoms with Gasteiger partial charge in [0.2, 0.25) is 0 Å². The van der Waals surface area contributed by atoms with Crippen molar-refractivity contribution in [3.8, 4) is 11.4 Å². The molecule has 35 heavy (non-hydrogen) atoms. The van der Waals surface area contributed by atoms with Crippen LogP contribution >= 0.6 is 0 Å². The summed E-state index contributed by atoms with van der Waals surface area (Å²) in [6.07, 6.45) is -0.938. The summed E-state index contributed by atoms with van der Waals surface area (Å²) >= 11 is 0. The lowest BCUT2D eigenvalue weighted by Crippen LogP contribution is -2.49. The lowest BCUT2D eigenvalue weighted by molar-refractivity contribution is -0.274. The van der Waals surface area contributed by atoms with Gasteiger partial charge in [-0.2, -0.15) is 5.10 Å². The smallest absolute Gasteiger partial charge is 0.444 e. The number of ether oxygens (including phenoxy) is 2. The molecule has 0 radical (unpaired) electrons. The number of carbonyl (C=O) groups excluding carboxylic acids is 1. The summed E-state index contributed by atoms with van der Waals surface area (Å²) < 4.78 is 48.4. The van der Waals surface area contributed by atoms with E-state index in [4.69, 9.17) is 9.84 Å². The second-order valence-corrected chi connectivity index (χ2v) is 10.6. The van der Waals surface area contributed by atoms with Crippen LogP contribution in [0.2, 0.25) is 0 Å². The maximum atomic E-state index is 12.4. The van der Waals surface area contributed by atoms with E-state index in [0.717, 1.165) is 63.4 Å². The highest BCUT2D eigenvalue weighted by Crippen LogP contribution is 2.42. The molecule has 1 spiro atoms. The Bertz CT molecular complexity index is 1030. The molecule has 2 aliphatic heterocycles. The van der Waals surface area contributed by atoms with Gasteiger partial charge in [-0.05, 0) is 83.1 Å². The molecule has 0 unspecified atom stereocenters. The van der Waals surface area contributed by atoms with Gasteiger partial charge in [0, 0.05) is 37.9 Å². The predicted molar refractivity (Wildman–Crippen MR) is 126 cm³/mol. The van der Waals surface area contributed by atoms with Crippen molar-refractivity contribution in [1.82, 2.24) is 14.7 Å². The highest BCUT2D eigenvalue weighted by Gasteiger charge is 2.40. The third-order valence-corrected chi connectivity index (χ3v) is 6.81. The van der Waals surface area contributed by atoms with E-state index in [1.165, 1.54) is 12.1 Å². The number of anilines is 1. The first kappa shape index (κ1) is 25.2. The molecule has 10 heteroatoms. The number of hydrogen-bond donors (Lipinski definition) is 0. The molecule has 3 heterocycles. The van der Waals surface area contributed by atoms with Gasteiger partial charge in [0.1, 0.15) is 11.4 Å². The van der Waals surface area contributed by atoms with Crippen LogP contribution in [-0.2, 0) is 4.74 Å². The van der Waals surface area contributed by atoms with Crippen LogP contribution in [0.4, 0.5) is 23.8 Å². The van der Waals surface area contributed by atoms with E-state index in [1.807, 2.05) is 38.7 Å². The van der Waals surface area contributed by atoms with Crippen LogP contribution < -0.4 is 9.64 Å². The van der Waals surface area contributed by atoms with E-state index in [2.05, 4.69) is 9.64 Å². The predicted octanol–water partition coefficient (Wildman–Crippen LogP) is 5.70. The molecule has 2 aromatic rings. The molecule has 4 rings (SSSR count). The average Bonchev–Trinajstić information content (AvgIpc) is 3.14. The average molecular weight is 495 g/mol. The SMILES string of the molecule is Cc1cc(N2CCC3(CCN(C(=O)OC(C)(C)C)CC3)CC2)nn1-c1ccc(OC(F)(F)F)cc1. The van der Waals surface area contributed by atoms with E-state index in [9.17, 15) is 18.0 Å². The van der Waals surface area contributed by atoms with Crippen molar-refractivity contribution in [2.24, 2.45) is 5.41 Å². The Kier molecular flexibility index (Phi) is 6.68. The largest absolute Gasteiger partial charge is 0.573 e. The number of halogens is 3. The molecule has 7 nitrogen and oxygen atoms in total. The number of aryl methyl sites for hydroxylation is 1. The molecule has 2 fully saturated rings. The van der Waals surface area contributed by atoms with Gasteiger partial charge in [-0.1, -0.05) is 0 Å². The summed E-state index contributed by atoms with van der Waals surface area (Å²) in [4.78, 5) is 16.5. The van der Waals surface area contributed by atoms with Crippen molar-refractivity contribution in [2.45, 2.75) is 65.3 Å². The molecule has 0 atom stereocenters. The molecule has 192 valence electrons. The molecule has 2 aliphatic rings. The first-order valence-electron chi connectivity index (χ1n) is 12.0. The standard InChI is InChI=1S/C25H33F3N4O3/c1-18-17-21(29-32(18)19-5-7-20(8-6-19)34-25(26,27)28)30-13-9-24(10-14-30)11-15-31(16-12-24)22(33)35-23(2,3)4/h5-8,17H,9-16H2,1-4H3. The van der Waals surface area contributed by atoms with Crippen LogP contribution in [0.5, 0.6) is 5.75 Å². The third kappa shape index (κ3) is 6.21. The number of hydrogen-bond acceptors (Lipinski definition) is 5. The van der Waals surface area contributed by atoms with Crippen molar-refractivity contribution in [2.75, 3.05) is 31.1 Å². The van der Waals surface area contributed by atoms with Crippen LogP contribution in [0.25, 0.3) is 5.69 Å². The maximum Gasteiger partial charge on any atom is 0.573 e. The van der Waals surface area contributed by atoms with Crippen molar-refractivity contribution < 1.29 is 27.4 Å². The van der Waals surface area contributed by atoms with E-state index >= 15 is 0 Å². The summed E-state index contributed by atoms with van der Waals surface area (Å²) in [6, 6.07) is 7.71. The molecule has 0 saturated carbocycles. The Morgan fingerprint density at radius 2 is 1.54 bits per heavy atom. The molecule has 2 saturated heterocycles. The number of amides is 1. The van der Waals surface area contributed by atoms with E-state index in [-0.39, 0.29) is 17.3 Å². The third-order valence-electron chi connectivity index (χ3n) is 6.81. The Morgan fingerprint density at radius 1 is 0.971 bits per heavy atom. The Hall–Kier alpha value is -2.91. The van der Waals surface area contributed by atoms with Gasteiger partial charge in [0.05, 0.1) is 5.69 Å². The Labute approximate surface area is 203 Å². The minimum absolute atomic E-state index is 0.233. The molecule has 0 N–H and O–H groups in total. The van der Waals surface area contributed by atoms with Crippen molar-refractivity contribution in [3.05, 3.63) is 36.0 Å². The number of aromatic nitrogens is 2. The minimum Gasteiger partial charge on any atom is -0.444 e. The molecule has 1 aromatic carbocycles. The van der Waals surface area contributed by atoms with Crippen molar-refractivity contribution in [3.63, 3.8) is 0 Å². The number of likely N-dealkylation sites (tertiary alicyclic amines) is 1. The van der Waals surface area contributed by atoms with E-state index < -0.39 is 12.0 Å². The van der Waals surface area contributed by atoms with Crippen LogP contribution in [0.15, 0.2) is 30.3 Å². The first-order valence-corrected chi connectivity index (χ1v) is 12.0. The number of piperidine rings is 2. The lowest BCUT2D eigenvalue weighted by Gasteiger charge is -2.46. The summed E-state index contributed by atoms with van der Waals surface area (Å²) in [5, 5.41) is 4.72. The second-order valence-electron chi connectivity index (χ2n) is 10.6. The topological polar surface area (TPSA) is 59.8 Å². The van der Waals surface area contributed by atoms with Crippen LogP contribution in [0, 0.1) is 12.3 Å². The zero-order valence-electron chi connectivity index (χ0n) is 20.7. The quantitative estimate of drug-likeness (QED) is 0.548. The molecule has 0 aliphatic carbocycles. The van der Waals surface area contributed by atoms with E-state index in [0.29, 0.717) is 5.69 Å². The van der Waals surface area contributed by atoms with Crippen molar-refractivity contribution >= 4 is 11.9 Å². The fourth-order valence-corrected chi connectivity index (χ4v) is 4.86. The van der Waals surface area contributed by atoms with Gasteiger partial charge in [-0.25, -0.2) is 9.48 Å². The van der Waals surface area contributed by atoms with Crippen molar-refractivity contribution in [1.29, 1.82) is 0 Å². The monoisotopic (exact) mass is 494 g/mol. The summed E-state index contributed by atoms with van der Waals surface area (Å²) in [5.74, 6) is 0.601. The zero-order chi connectivity index (χ0) is 25.4. The molecule has 1 aromatic heterocycles. The lowest BCUT2D eigenvalue weighted by atomic mass is 9.71. The highest BCUT2D eigenvalue weighted by molar-refractivity contribution is 5.68. The first-order chi connectivity index (χ1) is 16.3. The second kappa shape index (κ2) is 9.28. The maximum absolute atomic E-state index is 12.4. The summed E-state index contributed by atoms with van der Waals surface area (Å²) in [7, 11) is 0. The molecular weight excluding hydrogens is 461 g/mol. The summed E-state index contributed by atoms with van der Waals surface area (Å²) in [5.41, 5.74) is 1.32. The molecule has 1 amide bonds. The normalized spacial score (nSPS) is 18.6. The van der Waals surface area contributed by atoms with E-state index in [1.54, 1.807) is 16.8 Å². The minimum atomic E-state index is -4.71. The number of carbonyl (C=O) groups is 1. The van der Waals surface area contributed by atoms with Gasteiger partial charge in [0.25, 0.3) is 0 Å². The van der Waals surface area contributed by atoms with Crippen LogP contribution in [-0.4, -0.2) is 58.9 Å². The Balaban J connectivity index is 1.34. The zero-order valence-corrected chi connectivity index (χ0v) is 20.7. The van der Waals surface area contributed by atoms with Crippen LogP contribution in [0.3, 0.4) is 0 Å². The number of rotatable bonds is 3. The van der Waals surface area contributed by atoms with Gasteiger partial charge < -0.3 is 19.3 Å². The van der Waals surface area contributed by atoms with Gasteiger partial charge >= 0.3 is 12.5 Å². The highest BCUT2D eigenvalue weighted by atomic mass is 19.4. The van der Waals surface area contributed by atoms with Crippen LogP contribution in [0.1, 0.15) is 52.1 Å². The number of benzene rings is 1. The number of alkyl halides is 3. The molecular formula is C25H33F3N4O3. The summed E-state index contributed by atoms with van der Waals surface area (Å²) in [6.45, 7) is 10.8. The Morgan fingerprint density at radius 3 is 2.09 bits per heavy atom. The van der Waals surface area contributed by atoms with Gasteiger partial charge in [-0.3, -0.25) is 0 Å². The van der Waals surface area contributed by atoms with Gasteiger partial charge in [0.15, 0.2) is 5.82 Å².